The third kappa shape index (κ3) is 8.52. The first-order valence-electron chi connectivity index (χ1n) is 12.4. The smallest absolute Gasteiger partial charge is 0.0152 e. The van der Waals surface area contributed by atoms with Crippen LogP contribution >= 0.6 is 0 Å². The van der Waals surface area contributed by atoms with Crippen LogP contribution in [0.2, 0.25) is 0 Å². The Bertz CT molecular complexity index is 824. The summed E-state index contributed by atoms with van der Waals surface area (Å²) in [7, 11) is 0. The van der Waals surface area contributed by atoms with Crippen molar-refractivity contribution in [2.75, 3.05) is 0 Å². The van der Waals surface area contributed by atoms with Gasteiger partial charge in [0.15, 0.2) is 0 Å². The second-order valence-corrected chi connectivity index (χ2v) is 8.75. The first-order valence-corrected chi connectivity index (χ1v) is 12.4. The highest BCUT2D eigenvalue weighted by Gasteiger charge is 2.13. The van der Waals surface area contributed by atoms with Crippen LogP contribution in [0.3, 0.4) is 0 Å². The molecule has 0 aromatic heterocycles. The number of aryl methyl sites for hydroxylation is 4. The minimum Gasteiger partial charge on any atom is -0.0654 e. The number of unbranched alkanes of at least 4 members (excludes halogenated alkanes) is 2. The Kier molecular flexibility index (Phi) is 12.9. The van der Waals surface area contributed by atoms with E-state index >= 15 is 0 Å². The zero-order valence-electron chi connectivity index (χ0n) is 21.6. The van der Waals surface area contributed by atoms with Gasteiger partial charge in [-0.15, -0.1) is 0 Å². The van der Waals surface area contributed by atoms with Crippen LogP contribution in [0.1, 0.15) is 93.2 Å². The monoisotopic (exact) mass is 418 g/mol. The SMILES string of the molecule is CCCC.CCCC.Cc1ccc(C)c2c1CCC2.Cc1ccc(C)c2ccccc12. The van der Waals surface area contributed by atoms with Gasteiger partial charge in [-0.1, -0.05) is 102 Å². The summed E-state index contributed by atoms with van der Waals surface area (Å²) >= 11 is 0. The maximum Gasteiger partial charge on any atom is -0.0152 e. The number of benzene rings is 3. The van der Waals surface area contributed by atoms with E-state index in [1.165, 1.54) is 78.0 Å². The molecule has 1 aliphatic rings. The second-order valence-electron chi connectivity index (χ2n) is 8.75. The predicted molar refractivity (Wildman–Crippen MR) is 143 cm³/mol. The van der Waals surface area contributed by atoms with Crippen LogP contribution in [0.15, 0.2) is 48.5 Å². The lowest BCUT2D eigenvalue weighted by atomic mass is 10.0. The molecule has 0 bridgehead atoms. The molecular formula is C31H46. The molecule has 0 nitrogen and oxygen atoms in total. The van der Waals surface area contributed by atoms with Crippen LogP contribution in [0.4, 0.5) is 0 Å². The molecule has 1 aliphatic carbocycles. The average molecular weight is 419 g/mol. The summed E-state index contributed by atoms with van der Waals surface area (Å²) < 4.78 is 0. The second kappa shape index (κ2) is 14.8. The van der Waals surface area contributed by atoms with Gasteiger partial charge in [0.1, 0.15) is 0 Å². The molecule has 170 valence electrons. The Balaban J connectivity index is 0.000000233. The van der Waals surface area contributed by atoms with Gasteiger partial charge < -0.3 is 0 Å². The zero-order valence-corrected chi connectivity index (χ0v) is 21.6. The molecule has 0 spiro atoms. The van der Waals surface area contributed by atoms with Crippen LogP contribution in [0.25, 0.3) is 10.8 Å². The van der Waals surface area contributed by atoms with E-state index in [1.54, 1.807) is 11.1 Å². The fraction of sp³-hybridized carbons (Fsp3) is 0.484. The van der Waals surface area contributed by atoms with Crippen LogP contribution in [-0.4, -0.2) is 0 Å². The summed E-state index contributed by atoms with van der Waals surface area (Å²) in [6.45, 7) is 17.5. The van der Waals surface area contributed by atoms with E-state index in [0.29, 0.717) is 0 Å². The van der Waals surface area contributed by atoms with Crippen molar-refractivity contribution in [1.82, 2.24) is 0 Å². The molecule has 0 heteroatoms. The van der Waals surface area contributed by atoms with Gasteiger partial charge in [-0.25, -0.2) is 0 Å². The third-order valence-electron chi connectivity index (χ3n) is 6.11. The highest BCUT2D eigenvalue weighted by atomic mass is 14.2. The van der Waals surface area contributed by atoms with E-state index in [1.807, 2.05) is 0 Å². The van der Waals surface area contributed by atoms with Crippen molar-refractivity contribution >= 4 is 10.8 Å². The highest BCUT2D eigenvalue weighted by molar-refractivity contribution is 5.88. The van der Waals surface area contributed by atoms with Gasteiger partial charge in [-0.2, -0.15) is 0 Å². The lowest BCUT2D eigenvalue weighted by Crippen LogP contribution is -1.90. The van der Waals surface area contributed by atoms with Crippen LogP contribution in [-0.2, 0) is 12.8 Å². The molecule has 0 heterocycles. The van der Waals surface area contributed by atoms with Gasteiger partial charge in [-0.05, 0) is 91.1 Å². The number of hydrogen-bond donors (Lipinski definition) is 0. The van der Waals surface area contributed by atoms with Gasteiger partial charge in [0.25, 0.3) is 0 Å². The summed E-state index contributed by atoms with van der Waals surface area (Å²) in [5.74, 6) is 0. The first-order chi connectivity index (χ1) is 14.9. The van der Waals surface area contributed by atoms with Gasteiger partial charge >= 0.3 is 0 Å². The van der Waals surface area contributed by atoms with E-state index in [4.69, 9.17) is 0 Å². The average Bonchev–Trinajstić information content (AvgIpc) is 3.31. The Morgan fingerprint density at radius 2 is 0.806 bits per heavy atom. The Morgan fingerprint density at radius 3 is 1.13 bits per heavy atom. The van der Waals surface area contributed by atoms with Crippen molar-refractivity contribution in [3.63, 3.8) is 0 Å². The van der Waals surface area contributed by atoms with Crippen molar-refractivity contribution in [2.24, 2.45) is 0 Å². The number of hydrogen-bond acceptors (Lipinski definition) is 0. The summed E-state index contributed by atoms with van der Waals surface area (Å²) in [4.78, 5) is 0. The lowest BCUT2D eigenvalue weighted by Gasteiger charge is -2.05. The maximum absolute atomic E-state index is 2.25. The van der Waals surface area contributed by atoms with Crippen molar-refractivity contribution in [3.8, 4) is 0 Å². The Labute approximate surface area is 193 Å². The normalized spacial score (nSPS) is 11.4. The van der Waals surface area contributed by atoms with Crippen LogP contribution < -0.4 is 0 Å². The molecule has 4 rings (SSSR count). The van der Waals surface area contributed by atoms with Gasteiger partial charge in [0, 0.05) is 0 Å². The van der Waals surface area contributed by atoms with E-state index in [9.17, 15) is 0 Å². The Morgan fingerprint density at radius 1 is 0.484 bits per heavy atom. The Hall–Kier alpha value is -2.08. The molecule has 0 saturated carbocycles. The van der Waals surface area contributed by atoms with Crippen molar-refractivity contribution in [3.05, 3.63) is 81.9 Å². The molecule has 0 aliphatic heterocycles. The molecular weight excluding hydrogens is 372 g/mol. The molecule has 3 aromatic rings. The molecule has 0 radical (unpaired) electrons. The minimum absolute atomic E-state index is 1.31. The minimum atomic E-state index is 1.31. The van der Waals surface area contributed by atoms with E-state index < -0.39 is 0 Å². The fourth-order valence-electron chi connectivity index (χ4n) is 3.67. The van der Waals surface area contributed by atoms with Gasteiger partial charge in [0.05, 0.1) is 0 Å². The topological polar surface area (TPSA) is 0 Å². The van der Waals surface area contributed by atoms with E-state index in [0.717, 1.165) is 0 Å². The number of fused-ring (bicyclic) bond motifs is 2. The standard InChI is InChI=1S/C12H12.C11H14.2C4H10/c1-9-7-8-10(2)12-6-4-3-5-11(9)12;1-8-6-7-9(2)11-5-3-4-10(8)11;2*1-3-4-2/h3-8H,1-2H3;6-7H,3-5H2,1-2H3;2*3-4H2,1-2H3. The number of rotatable bonds is 2. The van der Waals surface area contributed by atoms with Gasteiger partial charge in [-0.3, -0.25) is 0 Å². The zero-order chi connectivity index (χ0) is 23.2. The molecule has 0 amide bonds. The molecule has 0 saturated heterocycles. The first kappa shape index (κ1) is 27.0. The van der Waals surface area contributed by atoms with Crippen molar-refractivity contribution < 1.29 is 0 Å². The molecule has 0 unspecified atom stereocenters. The summed E-state index contributed by atoms with van der Waals surface area (Å²) in [6.07, 6.45) is 9.26. The third-order valence-corrected chi connectivity index (χ3v) is 6.11. The van der Waals surface area contributed by atoms with Crippen LogP contribution in [0, 0.1) is 27.7 Å². The van der Waals surface area contributed by atoms with E-state index in [-0.39, 0.29) is 0 Å². The fourth-order valence-corrected chi connectivity index (χ4v) is 3.67. The lowest BCUT2D eigenvalue weighted by molar-refractivity contribution is 0.886. The van der Waals surface area contributed by atoms with E-state index in [2.05, 4.69) is 104 Å². The maximum atomic E-state index is 2.25. The molecule has 0 fully saturated rings. The molecule has 0 N–H and O–H groups in total. The quantitative estimate of drug-likeness (QED) is 0.388. The van der Waals surface area contributed by atoms with Gasteiger partial charge in [0.2, 0.25) is 0 Å². The molecule has 31 heavy (non-hydrogen) atoms. The summed E-state index contributed by atoms with van der Waals surface area (Å²) in [5, 5.41) is 2.75. The molecule has 0 atom stereocenters. The molecule has 3 aromatic carbocycles. The summed E-state index contributed by atoms with van der Waals surface area (Å²) in [6, 6.07) is 17.4. The summed E-state index contributed by atoms with van der Waals surface area (Å²) in [5.41, 5.74) is 8.95. The highest BCUT2D eigenvalue weighted by Crippen LogP contribution is 2.27. The largest absolute Gasteiger partial charge is 0.0654 e. The van der Waals surface area contributed by atoms with Crippen molar-refractivity contribution in [1.29, 1.82) is 0 Å². The van der Waals surface area contributed by atoms with Crippen molar-refractivity contribution in [2.45, 2.75) is 100 Å². The predicted octanol–water partition coefficient (Wildman–Crippen LogP) is 9.86. The van der Waals surface area contributed by atoms with Crippen LogP contribution in [0.5, 0.6) is 0 Å².